The number of ether oxygens (including phenoxy) is 4. The molecule has 2 heterocycles. The van der Waals surface area contributed by atoms with Crippen LogP contribution in [0.2, 0.25) is 0 Å². The minimum Gasteiger partial charge on any atom is -0.457 e. The van der Waals surface area contributed by atoms with Gasteiger partial charge in [-0.3, -0.25) is 9.59 Å². The average Bonchev–Trinajstić information content (AvgIpc) is 3.85. The lowest BCUT2D eigenvalue weighted by Crippen LogP contribution is -2.53. The molecule has 2 fully saturated rings. The Balaban J connectivity index is 1.84. The Bertz CT molecular complexity index is 1140. The normalized spacial score (nSPS) is 34.8. The van der Waals surface area contributed by atoms with Crippen molar-refractivity contribution in [3.8, 4) is 0 Å². The summed E-state index contributed by atoms with van der Waals surface area (Å²) in [6, 6.07) is -0.337. The molecule has 1 saturated heterocycles. The van der Waals surface area contributed by atoms with Crippen LogP contribution in [0.25, 0.3) is 0 Å². The van der Waals surface area contributed by atoms with Crippen LogP contribution in [0.4, 0.5) is 0 Å². The van der Waals surface area contributed by atoms with E-state index in [1.807, 2.05) is 19.9 Å². The van der Waals surface area contributed by atoms with Gasteiger partial charge in [0.25, 0.3) is 0 Å². The molecule has 0 spiro atoms. The van der Waals surface area contributed by atoms with E-state index in [0.717, 1.165) is 18.5 Å². The monoisotopic (exact) mass is 691 g/mol. The number of esters is 2. The Kier molecular flexibility index (Phi) is 16.0. The third-order valence-electron chi connectivity index (χ3n) is 10.8. The Labute approximate surface area is 294 Å². The maximum absolute atomic E-state index is 12.9. The fraction of sp³-hybridized carbons (Fsp3) is 0.795. The molecule has 10 nitrogen and oxygen atoms in total. The van der Waals surface area contributed by atoms with Gasteiger partial charge in [0.15, 0.2) is 0 Å². The Hall–Kier alpha value is -2.08. The second-order valence-electron chi connectivity index (χ2n) is 15.3. The number of hydrogen-bond acceptors (Lipinski definition) is 10. The minimum atomic E-state index is -1.44. The first-order valence-corrected chi connectivity index (χ1v) is 18.5. The molecule has 2 unspecified atom stereocenters. The molecular formula is C39H65NO9. The standard InChI is InChI=1S/C39H65NO9/c1-9-31(46-8)27(4)35-36(49-35)37(40-24-29-16-12-10-11-13-17-29)39(7,45)21-14-15-25(2)34-26(3)18-19-32(47-28(5)41)38(6,44)22-20-30(42)23-33(43)48-34/h14-15,18-19,21,26-27,29-32,34-37,40,42,44-45H,9-13,16-17,20,22-24H2,1-8H3/b19-18+,21-14+,25-15+/t26-,27+,30+,31-,32-,34+,35+,36-,37?,38+,39?/m0/s1. The van der Waals surface area contributed by atoms with Gasteiger partial charge in [-0.25, -0.2) is 0 Å². The van der Waals surface area contributed by atoms with Crippen molar-refractivity contribution in [3.63, 3.8) is 0 Å². The molecule has 3 aliphatic rings. The van der Waals surface area contributed by atoms with Crippen LogP contribution in [-0.4, -0.2) is 94.8 Å². The predicted molar refractivity (Wildman–Crippen MR) is 190 cm³/mol. The summed E-state index contributed by atoms with van der Waals surface area (Å²) in [5.41, 5.74) is -1.97. The van der Waals surface area contributed by atoms with Crippen molar-refractivity contribution in [3.05, 3.63) is 36.0 Å². The largest absolute Gasteiger partial charge is 0.457 e. The third-order valence-corrected chi connectivity index (χ3v) is 10.8. The Morgan fingerprint density at radius 2 is 1.84 bits per heavy atom. The van der Waals surface area contributed by atoms with Crippen LogP contribution in [0.15, 0.2) is 36.0 Å². The number of methoxy groups -OCH3 is 1. The van der Waals surface area contributed by atoms with Crippen LogP contribution in [0, 0.1) is 17.8 Å². The number of hydrogen-bond donors (Lipinski definition) is 4. The van der Waals surface area contributed by atoms with E-state index in [-0.39, 0.29) is 55.5 Å². The molecular weight excluding hydrogens is 626 g/mol. The first-order chi connectivity index (χ1) is 23.1. The van der Waals surface area contributed by atoms with Gasteiger partial charge < -0.3 is 39.6 Å². The molecule has 49 heavy (non-hydrogen) atoms. The number of carbonyl (C=O) groups is 2. The molecule has 0 aromatic carbocycles. The summed E-state index contributed by atoms with van der Waals surface area (Å²) in [5, 5.41) is 37.3. The van der Waals surface area contributed by atoms with E-state index < -0.39 is 41.5 Å². The van der Waals surface area contributed by atoms with E-state index in [9.17, 15) is 24.9 Å². The Morgan fingerprint density at radius 3 is 2.45 bits per heavy atom. The summed E-state index contributed by atoms with van der Waals surface area (Å²) in [6.45, 7) is 13.4. The lowest BCUT2D eigenvalue weighted by atomic mass is 9.86. The molecule has 0 bridgehead atoms. The molecule has 1 aliphatic carbocycles. The number of cyclic esters (lactones) is 1. The Morgan fingerprint density at radius 1 is 1.16 bits per heavy atom. The minimum absolute atomic E-state index is 0.0242. The molecule has 3 rings (SSSR count). The van der Waals surface area contributed by atoms with Crippen molar-refractivity contribution < 1.29 is 43.9 Å². The summed E-state index contributed by atoms with van der Waals surface area (Å²) in [4.78, 5) is 24.7. The van der Waals surface area contributed by atoms with Crippen LogP contribution in [0.1, 0.15) is 113 Å². The van der Waals surface area contributed by atoms with Gasteiger partial charge in [-0.1, -0.05) is 70.8 Å². The van der Waals surface area contributed by atoms with E-state index in [4.69, 9.17) is 18.9 Å². The second-order valence-corrected chi connectivity index (χ2v) is 15.3. The van der Waals surface area contributed by atoms with Gasteiger partial charge in [-0.2, -0.15) is 0 Å². The maximum Gasteiger partial charge on any atom is 0.309 e. The van der Waals surface area contributed by atoms with Gasteiger partial charge in [-0.15, -0.1) is 0 Å². The highest BCUT2D eigenvalue weighted by Gasteiger charge is 2.54. The molecule has 11 atom stereocenters. The average molecular weight is 692 g/mol. The number of epoxide rings is 1. The maximum atomic E-state index is 12.9. The van der Waals surface area contributed by atoms with Crippen LogP contribution >= 0.6 is 0 Å². The van der Waals surface area contributed by atoms with Gasteiger partial charge in [-0.05, 0) is 77.0 Å². The molecule has 0 amide bonds. The van der Waals surface area contributed by atoms with E-state index in [1.165, 1.54) is 45.4 Å². The highest BCUT2D eigenvalue weighted by molar-refractivity contribution is 5.70. The van der Waals surface area contributed by atoms with Gasteiger partial charge in [0.2, 0.25) is 0 Å². The zero-order valence-corrected chi connectivity index (χ0v) is 31.2. The number of carbonyl (C=O) groups excluding carboxylic acids is 2. The van der Waals surface area contributed by atoms with E-state index >= 15 is 0 Å². The van der Waals surface area contributed by atoms with Crippen LogP contribution in [0.3, 0.4) is 0 Å². The zero-order valence-electron chi connectivity index (χ0n) is 31.2. The van der Waals surface area contributed by atoms with Crippen LogP contribution in [0.5, 0.6) is 0 Å². The van der Waals surface area contributed by atoms with E-state index in [0.29, 0.717) is 5.92 Å². The molecule has 1 saturated carbocycles. The highest BCUT2D eigenvalue weighted by Crippen LogP contribution is 2.39. The molecule has 10 heteroatoms. The lowest BCUT2D eigenvalue weighted by molar-refractivity contribution is -0.157. The SMILES string of the molecule is CC[C@H](OC)[C@@H](C)[C@H]1O[C@@H]1C(NCC1CCCCCC1)C(C)(O)/C=C/C=C(\C)[C@H]1OC(=O)C[C@H](O)CC[C@@](C)(O)[C@@H](OC(C)=O)/C=C/[C@@H]1C. The van der Waals surface area contributed by atoms with Crippen molar-refractivity contribution in [1.29, 1.82) is 0 Å². The van der Waals surface area contributed by atoms with Crippen LogP contribution < -0.4 is 5.32 Å². The van der Waals surface area contributed by atoms with Crippen molar-refractivity contribution in [1.82, 2.24) is 5.32 Å². The summed E-state index contributed by atoms with van der Waals surface area (Å²) in [6.07, 6.45) is 14.4. The molecule has 0 radical (unpaired) electrons. The number of aliphatic hydroxyl groups excluding tert-OH is 1. The van der Waals surface area contributed by atoms with Gasteiger partial charge >= 0.3 is 11.9 Å². The quantitative estimate of drug-likeness (QED) is 0.0657. The molecule has 4 N–H and O–H groups in total. The van der Waals surface area contributed by atoms with Gasteiger partial charge in [0.1, 0.15) is 23.9 Å². The highest BCUT2D eigenvalue weighted by atomic mass is 16.6. The van der Waals surface area contributed by atoms with Gasteiger partial charge in [0.05, 0.1) is 36.4 Å². The number of rotatable bonds is 13. The van der Waals surface area contributed by atoms with Crippen molar-refractivity contribution in [2.75, 3.05) is 13.7 Å². The lowest BCUT2D eigenvalue weighted by Gasteiger charge is -2.32. The third kappa shape index (κ3) is 12.6. The number of allylic oxidation sites excluding steroid dienone is 2. The smallest absolute Gasteiger partial charge is 0.309 e. The first-order valence-electron chi connectivity index (χ1n) is 18.5. The van der Waals surface area contributed by atoms with Crippen molar-refractivity contribution in [2.45, 2.75) is 167 Å². The van der Waals surface area contributed by atoms with Gasteiger partial charge in [0, 0.05) is 25.9 Å². The fourth-order valence-corrected chi connectivity index (χ4v) is 7.53. The summed E-state index contributed by atoms with van der Waals surface area (Å²) >= 11 is 0. The molecule has 0 aromatic rings. The zero-order chi connectivity index (χ0) is 36.4. The molecule has 280 valence electrons. The fourth-order valence-electron chi connectivity index (χ4n) is 7.53. The predicted octanol–water partition coefficient (Wildman–Crippen LogP) is 5.33. The van der Waals surface area contributed by atoms with E-state index in [1.54, 1.807) is 45.3 Å². The van der Waals surface area contributed by atoms with Crippen molar-refractivity contribution in [2.24, 2.45) is 17.8 Å². The summed E-state index contributed by atoms with van der Waals surface area (Å²) < 4.78 is 23.3. The molecule has 0 aromatic heterocycles. The number of aliphatic hydroxyl groups is 3. The van der Waals surface area contributed by atoms with E-state index in [2.05, 4.69) is 19.2 Å². The second kappa shape index (κ2) is 19.0. The number of nitrogens with one attached hydrogen (secondary N) is 1. The van der Waals surface area contributed by atoms with Crippen molar-refractivity contribution >= 4 is 11.9 Å². The first kappa shape index (κ1) is 41.3. The molecule has 2 aliphatic heterocycles. The summed E-state index contributed by atoms with van der Waals surface area (Å²) in [7, 11) is 1.73. The topological polar surface area (TPSA) is 147 Å². The van der Waals surface area contributed by atoms with Crippen LogP contribution in [-0.2, 0) is 28.5 Å². The summed E-state index contributed by atoms with van der Waals surface area (Å²) in [5.74, 6) is -0.694.